The quantitative estimate of drug-likeness (QED) is 0.488. The molecule has 4 rings (SSSR count). The number of carbonyl (C=O) groups excluding carboxylic acids is 2. The number of hydrogen-bond donors (Lipinski definition) is 0. The van der Waals surface area contributed by atoms with Crippen molar-refractivity contribution in [3.8, 4) is 0 Å². The van der Waals surface area contributed by atoms with Crippen molar-refractivity contribution in [2.75, 3.05) is 11.5 Å². The summed E-state index contributed by atoms with van der Waals surface area (Å²) in [4.78, 5) is 33.4. The van der Waals surface area contributed by atoms with E-state index in [0.717, 1.165) is 27.4 Å². The highest BCUT2D eigenvalue weighted by atomic mass is 32.2. The lowest BCUT2D eigenvalue weighted by atomic mass is 10.1. The minimum Gasteiger partial charge on any atom is -0.462 e. The molecule has 160 valence electrons. The van der Waals surface area contributed by atoms with E-state index in [1.807, 2.05) is 24.3 Å². The summed E-state index contributed by atoms with van der Waals surface area (Å²) in [5.74, 6) is -0.867. The fraction of sp³-hybridized carbons (Fsp3) is 0.261. The molecule has 2 heterocycles. The Bertz CT molecular complexity index is 1090. The molecule has 1 atom stereocenters. The van der Waals surface area contributed by atoms with Crippen LogP contribution in [0.25, 0.3) is 0 Å². The second kappa shape index (κ2) is 9.20. The van der Waals surface area contributed by atoms with Gasteiger partial charge >= 0.3 is 5.97 Å². The average molecular weight is 457 g/mol. The maximum absolute atomic E-state index is 13.6. The van der Waals surface area contributed by atoms with Gasteiger partial charge in [-0.3, -0.25) is 9.69 Å². The molecule has 0 N–H and O–H groups in total. The molecule has 0 saturated heterocycles. The first kappa shape index (κ1) is 21.5. The van der Waals surface area contributed by atoms with Gasteiger partial charge in [0.05, 0.1) is 24.1 Å². The first-order valence-corrected chi connectivity index (χ1v) is 11.6. The van der Waals surface area contributed by atoms with E-state index < -0.39 is 5.97 Å². The molecule has 0 radical (unpaired) electrons. The van der Waals surface area contributed by atoms with Crippen molar-refractivity contribution in [2.24, 2.45) is 0 Å². The van der Waals surface area contributed by atoms with E-state index in [1.54, 1.807) is 30.9 Å². The van der Waals surface area contributed by atoms with Gasteiger partial charge < -0.3 is 4.74 Å². The lowest BCUT2D eigenvalue weighted by molar-refractivity contribution is -0.118. The summed E-state index contributed by atoms with van der Waals surface area (Å²) in [6.07, 6.45) is 0.634. The van der Waals surface area contributed by atoms with Crippen molar-refractivity contribution in [3.05, 3.63) is 76.0 Å². The molecule has 2 aromatic carbocycles. The lowest BCUT2D eigenvalue weighted by Gasteiger charge is -2.23. The number of aromatic nitrogens is 1. The summed E-state index contributed by atoms with van der Waals surface area (Å²) in [7, 11) is 0. The summed E-state index contributed by atoms with van der Waals surface area (Å²) in [5, 5.41) is 0.152. The third-order valence-electron chi connectivity index (χ3n) is 4.92. The predicted octanol–water partition coefficient (Wildman–Crippen LogP) is 5.02. The van der Waals surface area contributed by atoms with Gasteiger partial charge in [0.15, 0.2) is 5.13 Å². The smallest absolute Gasteiger partial charge is 0.350 e. The maximum atomic E-state index is 13.6. The number of rotatable bonds is 6. The minimum atomic E-state index is -0.444. The number of halogens is 1. The Labute approximate surface area is 188 Å². The molecule has 1 aliphatic heterocycles. The zero-order valence-corrected chi connectivity index (χ0v) is 18.8. The van der Waals surface area contributed by atoms with Crippen LogP contribution in [0.2, 0.25) is 0 Å². The molecular weight excluding hydrogens is 435 g/mol. The summed E-state index contributed by atoms with van der Waals surface area (Å²) >= 11 is 2.68. The van der Waals surface area contributed by atoms with Gasteiger partial charge in [0.25, 0.3) is 0 Å². The summed E-state index contributed by atoms with van der Waals surface area (Å²) < 4.78 is 18.5. The highest BCUT2D eigenvalue weighted by Crippen LogP contribution is 2.39. The molecule has 31 heavy (non-hydrogen) atoms. The van der Waals surface area contributed by atoms with E-state index in [0.29, 0.717) is 22.1 Å². The van der Waals surface area contributed by atoms with Crippen molar-refractivity contribution >= 4 is 40.1 Å². The van der Waals surface area contributed by atoms with Gasteiger partial charge in [-0.1, -0.05) is 41.7 Å². The zero-order valence-electron chi connectivity index (χ0n) is 17.1. The van der Waals surface area contributed by atoms with Gasteiger partial charge in [-0.25, -0.2) is 14.2 Å². The first-order valence-electron chi connectivity index (χ1n) is 9.91. The largest absolute Gasteiger partial charge is 0.462 e. The van der Waals surface area contributed by atoms with E-state index >= 15 is 0 Å². The Morgan fingerprint density at radius 3 is 2.65 bits per heavy atom. The van der Waals surface area contributed by atoms with Gasteiger partial charge in [0.1, 0.15) is 10.7 Å². The normalized spacial score (nSPS) is 14.9. The van der Waals surface area contributed by atoms with Crippen LogP contribution in [0.15, 0.2) is 53.4 Å². The number of aryl methyl sites for hydroxylation is 1. The van der Waals surface area contributed by atoms with Crippen molar-refractivity contribution in [1.82, 2.24) is 4.98 Å². The SMILES string of the molecule is CCOC(=O)c1sc(N(Cc2ccc(F)cc2)C(=O)C2Cc3ccccc3S2)nc1C. The van der Waals surface area contributed by atoms with Crippen molar-refractivity contribution in [1.29, 1.82) is 0 Å². The van der Waals surface area contributed by atoms with Crippen LogP contribution in [0.4, 0.5) is 9.52 Å². The third kappa shape index (κ3) is 4.65. The number of nitrogens with zero attached hydrogens (tertiary/aromatic N) is 2. The van der Waals surface area contributed by atoms with Crippen molar-refractivity contribution < 1.29 is 18.7 Å². The van der Waals surface area contributed by atoms with Crippen LogP contribution in [-0.4, -0.2) is 28.7 Å². The van der Waals surface area contributed by atoms with Gasteiger partial charge in [-0.2, -0.15) is 0 Å². The Morgan fingerprint density at radius 2 is 1.94 bits per heavy atom. The molecular formula is C23H21FN2O3S2. The van der Waals surface area contributed by atoms with Crippen LogP contribution in [0.3, 0.4) is 0 Å². The molecule has 0 bridgehead atoms. The molecule has 0 aliphatic carbocycles. The third-order valence-corrected chi connectivity index (χ3v) is 7.39. The number of amides is 1. The van der Waals surface area contributed by atoms with Crippen LogP contribution in [-0.2, 0) is 22.5 Å². The van der Waals surface area contributed by atoms with E-state index in [2.05, 4.69) is 4.98 Å². The highest BCUT2D eigenvalue weighted by molar-refractivity contribution is 8.01. The van der Waals surface area contributed by atoms with E-state index in [-0.39, 0.29) is 30.1 Å². The molecule has 1 aromatic heterocycles. The number of benzene rings is 2. The van der Waals surface area contributed by atoms with E-state index in [1.165, 1.54) is 23.9 Å². The molecule has 0 fully saturated rings. The molecule has 1 aliphatic rings. The van der Waals surface area contributed by atoms with E-state index in [4.69, 9.17) is 4.74 Å². The van der Waals surface area contributed by atoms with E-state index in [9.17, 15) is 14.0 Å². The van der Waals surface area contributed by atoms with Gasteiger partial charge in [-0.05, 0) is 49.6 Å². The number of thiazole rings is 1. The van der Waals surface area contributed by atoms with Crippen LogP contribution < -0.4 is 4.90 Å². The lowest BCUT2D eigenvalue weighted by Crippen LogP contribution is -2.37. The number of thioether (sulfide) groups is 1. The highest BCUT2D eigenvalue weighted by Gasteiger charge is 2.34. The summed E-state index contributed by atoms with van der Waals surface area (Å²) in [5.41, 5.74) is 2.45. The van der Waals surface area contributed by atoms with Crippen LogP contribution >= 0.6 is 23.1 Å². The molecule has 3 aromatic rings. The van der Waals surface area contributed by atoms with Crippen molar-refractivity contribution in [2.45, 2.75) is 37.0 Å². The number of fused-ring (bicyclic) bond motifs is 1. The van der Waals surface area contributed by atoms with Gasteiger partial charge in [-0.15, -0.1) is 11.8 Å². The number of hydrogen-bond acceptors (Lipinski definition) is 6. The molecule has 5 nitrogen and oxygen atoms in total. The van der Waals surface area contributed by atoms with Gasteiger partial charge in [0.2, 0.25) is 5.91 Å². The zero-order chi connectivity index (χ0) is 22.0. The van der Waals surface area contributed by atoms with Gasteiger partial charge in [0, 0.05) is 4.90 Å². The Balaban J connectivity index is 1.65. The standard InChI is InChI=1S/C23H21FN2O3S2/c1-3-29-22(28)20-14(2)25-23(31-20)26(13-15-8-10-17(24)11-9-15)21(27)19-12-16-6-4-5-7-18(16)30-19/h4-11,19H,3,12-13H2,1-2H3. The summed E-state index contributed by atoms with van der Waals surface area (Å²) in [6, 6.07) is 14.0. The number of anilines is 1. The number of carbonyl (C=O) groups is 2. The second-order valence-electron chi connectivity index (χ2n) is 7.10. The average Bonchev–Trinajstić information content (AvgIpc) is 3.36. The first-order chi connectivity index (χ1) is 15.0. The maximum Gasteiger partial charge on any atom is 0.350 e. The van der Waals surface area contributed by atoms with Crippen LogP contribution in [0.5, 0.6) is 0 Å². The number of ether oxygens (including phenoxy) is 1. The number of esters is 1. The Hall–Kier alpha value is -2.71. The van der Waals surface area contributed by atoms with Crippen LogP contribution in [0, 0.1) is 12.7 Å². The predicted molar refractivity (Wildman–Crippen MR) is 120 cm³/mol. The molecule has 0 saturated carbocycles. The fourth-order valence-corrected chi connectivity index (χ4v) is 5.61. The molecule has 1 unspecified atom stereocenters. The molecule has 1 amide bonds. The minimum absolute atomic E-state index is 0.0883. The summed E-state index contributed by atoms with van der Waals surface area (Å²) in [6.45, 7) is 3.98. The Kier molecular flexibility index (Phi) is 6.38. The topological polar surface area (TPSA) is 59.5 Å². The Morgan fingerprint density at radius 1 is 1.19 bits per heavy atom. The monoisotopic (exact) mass is 456 g/mol. The fourth-order valence-electron chi connectivity index (χ4n) is 3.39. The second-order valence-corrected chi connectivity index (χ2v) is 9.32. The van der Waals surface area contributed by atoms with Crippen LogP contribution in [0.1, 0.15) is 33.4 Å². The molecule has 8 heteroatoms. The van der Waals surface area contributed by atoms with Crippen molar-refractivity contribution in [3.63, 3.8) is 0 Å². The molecule has 0 spiro atoms.